The number of benzene rings is 1. The molecule has 2 aromatic rings. The molecule has 0 aliphatic rings. The zero-order valence-electron chi connectivity index (χ0n) is 11.7. The van der Waals surface area contributed by atoms with E-state index in [0.717, 1.165) is 7.11 Å². The number of nitrogens with two attached hydrogens (primary N) is 1. The molecule has 2 N–H and O–H groups in total. The van der Waals surface area contributed by atoms with Crippen LogP contribution < -0.4 is 5.73 Å². The zero-order chi connectivity index (χ0) is 17.2. The van der Waals surface area contributed by atoms with E-state index < -0.39 is 11.5 Å². The Morgan fingerprint density at radius 2 is 2.13 bits per heavy atom. The Hall–Kier alpha value is -2.60. The van der Waals surface area contributed by atoms with Gasteiger partial charge in [-0.25, -0.2) is 4.79 Å². The van der Waals surface area contributed by atoms with E-state index in [0.29, 0.717) is 0 Å². The number of rotatable bonds is 3. The Balaban J connectivity index is 2.56. The molecule has 9 heteroatoms. The van der Waals surface area contributed by atoms with Crippen molar-refractivity contribution >= 4 is 23.4 Å². The number of esters is 1. The van der Waals surface area contributed by atoms with Crippen LogP contribution in [0.4, 0.5) is 18.9 Å². The average molecular weight is 341 g/mol. The summed E-state index contributed by atoms with van der Waals surface area (Å²) in [6, 6.07) is 7.25. The Morgan fingerprint density at radius 1 is 1.43 bits per heavy atom. The van der Waals surface area contributed by atoms with E-state index in [1.165, 1.54) is 35.0 Å². The van der Waals surface area contributed by atoms with Crippen LogP contribution in [-0.4, -0.2) is 23.2 Å². The molecule has 0 aliphatic carbocycles. The Labute approximate surface area is 133 Å². The largest absolute Gasteiger partial charge is 0.464 e. The van der Waals surface area contributed by atoms with Crippen LogP contribution in [0.3, 0.4) is 0 Å². The second-order valence-electron chi connectivity index (χ2n) is 4.32. The lowest BCUT2D eigenvalue weighted by Gasteiger charge is -2.11. The third kappa shape index (κ3) is 3.60. The summed E-state index contributed by atoms with van der Waals surface area (Å²) in [6.07, 6.45) is 1.28. The molecule has 0 atom stereocenters. The van der Waals surface area contributed by atoms with Gasteiger partial charge in [0, 0.05) is 16.8 Å². The van der Waals surface area contributed by atoms with Gasteiger partial charge < -0.3 is 15.0 Å². The summed E-state index contributed by atoms with van der Waals surface area (Å²) in [5, 5.41) is 9.02. The van der Waals surface area contributed by atoms with Gasteiger partial charge in [-0.1, -0.05) is 6.07 Å². The van der Waals surface area contributed by atoms with Gasteiger partial charge in [0.25, 0.3) is 0 Å². The standard InChI is InChI=1S/C14H10F3N3O2S/c1-22-13(21)12-11(19)8(6-18)7-20(12)9-3-2-4-10(5-9)23-14(15,16)17/h2-5,7H,19H2,1H3. The molecule has 0 saturated heterocycles. The molecule has 1 aromatic carbocycles. The van der Waals surface area contributed by atoms with Crippen molar-refractivity contribution in [2.45, 2.75) is 10.4 Å². The molecule has 0 radical (unpaired) electrons. The SMILES string of the molecule is COC(=O)c1c(N)c(C#N)cn1-c1cccc(SC(F)(F)F)c1. The van der Waals surface area contributed by atoms with E-state index in [4.69, 9.17) is 11.0 Å². The number of aromatic nitrogens is 1. The second kappa shape index (κ2) is 6.26. The second-order valence-corrected chi connectivity index (χ2v) is 5.46. The highest BCUT2D eigenvalue weighted by Gasteiger charge is 2.29. The van der Waals surface area contributed by atoms with Crippen LogP contribution in [0.1, 0.15) is 16.1 Å². The lowest BCUT2D eigenvalue weighted by atomic mass is 10.2. The number of carbonyl (C=O) groups excluding carboxylic acids is 1. The van der Waals surface area contributed by atoms with Crippen LogP contribution in [0.25, 0.3) is 5.69 Å². The highest BCUT2D eigenvalue weighted by atomic mass is 32.2. The number of halogens is 3. The molecule has 0 unspecified atom stereocenters. The van der Waals surface area contributed by atoms with Crippen molar-refractivity contribution < 1.29 is 22.7 Å². The molecule has 2 rings (SSSR count). The third-order valence-corrected chi connectivity index (χ3v) is 3.59. The zero-order valence-corrected chi connectivity index (χ0v) is 12.5. The molecule has 23 heavy (non-hydrogen) atoms. The topological polar surface area (TPSA) is 81.0 Å². The van der Waals surface area contributed by atoms with Crippen LogP contribution in [0.5, 0.6) is 0 Å². The number of methoxy groups -OCH3 is 1. The van der Waals surface area contributed by atoms with Gasteiger partial charge in [-0.2, -0.15) is 18.4 Å². The normalized spacial score (nSPS) is 11.1. The van der Waals surface area contributed by atoms with Gasteiger partial charge in [-0.05, 0) is 30.0 Å². The number of hydrogen-bond acceptors (Lipinski definition) is 5. The maximum absolute atomic E-state index is 12.5. The van der Waals surface area contributed by atoms with Crippen LogP contribution in [0.15, 0.2) is 35.4 Å². The first-order chi connectivity index (χ1) is 10.8. The first kappa shape index (κ1) is 16.8. The van der Waals surface area contributed by atoms with Gasteiger partial charge in [0.2, 0.25) is 0 Å². The van der Waals surface area contributed by atoms with Crippen molar-refractivity contribution in [2.24, 2.45) is 0 Å². The van der Waals surface area contributed by atoms with Crippen molar-refractivity contribution in [3.63, 3.8) is 0 Å². The molecule has 0 saturated carbocycles. The molecular weight excluding hydrogens is 331 g/mol. The molecule has 0 bridgehead atoms. The van der Waals surface area contributed by atoms with E-state index in [1.54, 1.807) is 0 Å². The van der Waals surface area contributed by atoms with Gasteiger partial charge in [0.15, 0.2) is 5.69 Å². The van der Waals surface area contributed by atoms with Crippen molar-refractivity contribution in [2.75, 3.05) is 12.8 Å². The minimum absolute atomic E-state index is 0.0271. The van der Waals surface area contributed by atoms with Gasteiger partial charge in [-0.15, -0.1) is 0 Å². The number of hydrogen-bond donors (Lipinski definition) is 1. The molecule has 0 fully saturated rings. The Kier molecular flexibility index (Phi) is 4.56. The van der Waals surface area contributed by atoms with E-state index >= 15 is 0 Å². The lowest BCUT2D eigenvalue weighted by Crippen LogP contribution is -2.11. The first-order valence-corrected chi connectivity index (χ1v) is 6.94. The molecule has 1 heterocycles. The summed E-state index contributed by atoms with van der Waals surface area (Å²) in [7, 11) is 1.14. The number of nitrogens with zero attached hydrogens (tertiary/aromatic N) is 2. The fraction of sp³-hybridized carbons (Fsp3) is 0.143. The lowest BCUT2D eigenvalue weighted by molar-refractivity contribution is -0.0328. The van der Waals surface area contributed by atoms with E-state index in [9.17, 15) is 18.0 Å². The Bertz CT molecular complexity index is 794. The van der Waals surface area contributed by atoms with Crippen molar-refractivity contribution in [3.05, 3.63) is 41.7 Å². The molecule has 5 nitrogen and oxygen atoms in total. The highest BCUT2D eigenvalue weighted by Crippen LogP contribution is 2.37. The van der Waals surface area contributed by atoms with Crippen molar-refractivity contribution in [3.8, 4) is 11.8 Å². The average Bonchev–Trinajstić information content (AvgIpc) is 2.82. The smallest absolute Gasteiger partial charge is 0.446 e. The summed E-state index contributed by atoms with van der Waals surface area (Å²) in [4.78, 5) is 11.8. The number of anilines is 1. The summed E-state index contributed by atoms with van der Waals surface area (Å²) >= 11 is -0.279. The van der Waals surface area contributed by atoms with Gasteiger partial charge in [-0.3, -0.25) is 0 Å². The molecule has 0 amide bonds. The fourth-order valence-corrected chi connectivity index (χ4v) is 2.54. The number of nitrogen functional groups attached to an aromatic ring is 1. The maximum atomic E-state index is 12.5. The quantitative estimate of drug-likeness (QED) is 0.684. The molecule has 120 valence electrons. The van der Waals surface area contributed by atoms with Crippen LogP contribution in [-0.2, 0) is 4.74 Å². The maximum Gasteiger partial charge on any atom is 0.446 e. The van der Waals surface area contributed by atoms with Crippen molar-refractivity contribution in [1.29, 1.82) is 5.26 Å². The van der Waals surface area contributed by atoms with Crippen molar-refractivity contribution in [1.82, 2.24) is 4.57 Å². The molecule has 0 spiro atoms. The first-order valence-electron chi connectivity index (χ1n) is 6.12. The highest BCUT2D eigenvalue weighted by molar-refractivity contribution is 8.00. The van der Waals surface area contributed by atoms with Crippen LogP contribution >= 0.6 is 11.8 Å². The minimum Gasteiger partial charge on any atom is -0.464 e. The van der Waals surface area contributed by atoms with Gasteiger partial charge in [0.1, 0.15) is 6.07 Å². The number of alkyl halides is 3. The summed E-state index contributed by atoms with van der Waals surface area (Å²) in [5.74, 6) is -0.794. The summed E-state index contributed by atoms with van der Waals surface area (Å²) < 4.78 is 43.3. The number of thioether (sulfide) groups is 1. The van der Waals surface area contributed by atoms with Crippen LogP contribution in [0.2, 0.25) is 0 Å². The summed E-state index contributed by atoms with van der Waals surface area (Å²) in [5.41, 5.74) is 1.39. The van der Waals surface area contributed by atoms with E-state index in [-0.39, 0.29) is 39.3 Å². The van der Waals surface area contributed by atoms with Gasteiger partial charge in [0.05, 0.1) is 18.4 Å². The van der Waals surface area contributed by atoms with E-state index in [1.807, 2.05) is 6.07 Å². The number of carbonyl (C=O) groups is 1. The summed E-state index contributed by atoms with van der Waals surface area (Å²) in [6.45, 7) is 0. The number of nitriles is 1. The monoisotopic (exact) mass is 341 g/mol. The fourth-order valence-electron chi connectivity index (χ4n) is 1.95. The predicted octanol–water partition coefficient (Wildman–Crippen LogP) is 3.33. The Morgan fingerprint density at radius 3 is 2.70 bits per heavy atom. The van der Waals surface area contributed by atoms with Crippen LogP contribution in [0, 0.1) is 11.3 Å². The molecular formula is C14H10F3N3O2S. The molecule has 0 aliphatic heterocycles. The van der Waals surface area contributed by atoms with E-state index in [2.05, 4.69) is 4.74 Å². The number of ether oxygens (including phenoxy) is 1. The van der Waals surface area contributed by atoms with Gasteiger partial charge >= 0.3 is 11.5 Å². The third-order valence-electron chi connectivity index (χ3n) is 2.87. The predicted molar refractivity (Wildman–Crippen MR) is 78.1 cm³/mol. The molecule has 1 aromatic heterocycles. The minimum atomic E-state index is -4.43.